The molecule has 0 atom stereocenters. The molecule has 0 spiro atoms. The van der Waals surface area contributed by atoms with Crippen LogP contribution in [-0.4, -0.2) is 41.3 Å². The fourth-order valence-electron chi connectivity index (χ4n) is 1.98. The number of carbonyl (C=O) groups is 2. The maximum Gasteiger partial charge on any atom is 0.271 e. The van der Waals surface area contributed by atoms with Crippen LogP contribution in [0.4, 0.5) is 5.69 Å². The maximum absolute atomic E-state index is 12.4. The van der Waals surface area contributed by atoms with Gasteiger partial charge in [-0.3, -0.25) is 19.7 Å². The Hall–Kier alpha value is -1.86. The third-order valence-electron chi connectivity index (χ3n) is 3.05. The quantitative estimate of drug-likeness (QED) is 0.661. The number of nitrogens with zero attached hydrogens (tertiary/aromatic N) is 2. The van der Waals surface area contributed by atoms with E-state index in [0.717, 1.165) is 12.1 Å². The molecule has 0 radical (unpaired) electrons. The van der Waals surface area contributed by atoms with Gasteiger partial charge < -0.3 is 10.2 Å². The Kier molecular flexibility index (Phi) is 4.64. The van der Waals surface area contributed by atoms with Crippen LogP contribution in [0.1, 0.15) is 16.8 Å². The zero-order chi connectivity index (χ0) is 15.6. The first-order chi connectivity index (χ1) is 9.90. The second-order valence-electron chi connectivity index (χ2n) is 4.44. The van der Waals surface area contributed by atoms with Gasteiger partial charge in [-0.15, -0.1) is 0 Å². The summed E-state index contributed by atoms with van der Waals surface area (Å²) in [6.07, 6.45) is 0.173. The van der Waals surface area contributed by atoms with Gasteiger partial charge in [0.05, 0.1) is 20.5 Å². The fourth-order valence-corrected chi connectivity index (χ4v) is 2.38. The molecule has 1 fully saturated rings. The Bertz CT molecular complexity index is 621. The van der Waals surface area contributed by atoms with Crippen molar-refractivity contribution in [1.82, 2.24) is 10.2 Å². The molecule has 1 aliphatic heterocycles. The lowest BCUT2D eigenvalue weighted by Crippen LogP contribution is -2.34. The molecular formula is C12H11Cl2N3O4. The average molecular weight is 332 g/mol. The first-order valence-corrected chi connectivity index (χ1v) is 6.85. The van der Waals surface area contributed by atoms with Crippen LogP contribution < -0.4 is 5.32 Å². The molecule has 0 saturated carbocycles. The predicted molar refractivity (Wildman–Crippen MR) is 76.6 cm³/mol. The lowest BCUT2D eigenvalue weighted by atomic mass is 10.1. The molecule has 9 heteroatoms. The SMILES string of the molecule is O=C1CCN(C(=O)c2cc([N+](=O)[O-])cc(Cl)c2Cl)CCN1. The van der Waals surface area contributed by atoms with Crippen LogP contribution in [0.5, 0.6) is 0 Å². The summed E-state index contributed by atoms with van der Waals surface area (Å²) < 4.78 is 0. The molecule has 0 aromatic heterocycles. The van der Waals surface area contributed by atoms with E-state index < -0.39 is 10.8 Å². The van der Waals surface area contributed by atoms with E-state index >= 15 is 0 Å². The van der Waals surface area contributed by atoms with Gasteiger partial charge in [-0.25, -0.2) is 0 Å². The molecule has 1 saturated heterocycles. The second kappa shape index (κ2) is 6.28. The van der Waals surface area contributed by atoms with Crippen LogP contribution in [0.3, 0.4) is 0 Å². The van der Waals surface area contributed by atoms with Crippen molar-refractivity contribution in [3.8, 4) is 0 Å². The number of nitro groups is 1. The number of nitro benzene ring substituents is 1. The normalized spacial score (nSPS) is 15.3. The summed E-state index contributed by atoms with van der Waals surface area (Å²) in [5, 5.41) is 13.4. The highest BCUT2D eigenvalue weighted by atomic mass is 35.5. The number of rotatable bonds is 2. The van der Waals surface area contributed by atoms with Crippen molar-refractivity contribution >= 4 is 40.7 Å². The van der Waals surface area contributed by atoms with Gasteiger partial charge in [0, 0.05) is 38.2 Å². The molecule has 21 heavy (non-hydrogen) atoms. The van der Waals surface area contributed by atoms with E-state index in [2.05, 4.69) is 5.32 Å². The van der Waals surface area contributed by atoms with Crippen LogP contribution in [0.25, 0.3) is 0 Å². The van der Waals surface area contributed by atoms with Gasteiger partial charge >= 0.3 is 0 Å². The molecule has 7 nitrogen and oxygen atoms in total. The lowest BCUT2D eigenvalue weighted by Gasteiger charge is -2.20. The Morgan fingerprint density at radius 1 is 1.33 bits per heavy atom. The van der Waals surface area contributed by atoms with Crippen molar-refractivity contribution in [1.29, 1.82) is 0 Å². The highest BCUT2D eigenvalue weighted by Crippen LogP contribution is 2.31. The summed E-state index contributed by atoms with van der Waals surface area (Å²) >= 11 is 11.8. The Balaban J connectivity index is 2.34. The van der Waals surface area contributed by atoms with Gasteiger partial charge in [0.25, 0.3) is 11.6 Å². The minimum atomic E-state index is -0.646. The van der Waals surface area contributed by atoms with Crippen LogP contribution in [-0.2, 0) is 4.79 Å². The molecule has 2 rings (SSSR count). The molecule has 1 aliphatic rings. The molecular weight excluding hydrogens is 321 g/mol. The summed E-state index contributed by atoms with van der Waals surface area (Å²) in [7, 11) is 0. The van der Waals surface area contributed by atoms with Crippen molar-refractivity contribution in [2.75, 3.05) is 19.6 Å². The first-order valence-electron chi connectivity index (χ1n) is 6.09. The van der Waals surface area contributed by atoms with Gasteiger partial charge in [0.15, 0.2) is 0 Å². The zero-order valence-corrected chi connectivity index (χ0v) is 12.3. The van der Waals surface area contributed by atoms with Crippen LogP contribution in [0, 0.1) is 10.1 Å². The molecule has 0 aliphatic carbocycles. The van der Waals surface area contributed by atoms with Gasteiger partial charge in [-0.05, 0) is 0 Å². The van der Waals surface area contributed by atoms with E-state index in [9.17, 15) is 19.7 Å². The second-order valence-corrected chi connectivity index (χ2v) is 5.22. The van der Waals surface area contributed by atoms with Crippen molar-refractivity contribution in [2.45, 2.75) is 6.42 Å². The average Bonchev–Trinajstić information content (AvgIpc) is 2.65. The number of amides is 2. The Labute approximate surface area is 130 Å². The summed E-state index contributed by atoms with van der Waals surface area (Å²) in [4.78, 5) is 35.3. The molecule has 1 aromatic carbocycles. The van der Waals surface area contributed by atoms with E-state index in [1.54, 1.807) is 0 Å². The number of non-ortho nitro benzene ring substituents is 1. The molecule has 1 heterocycles. The van der Waals surface area contributed by atoms with Crippen LogP contribution >= 0.6 is 23.2 Å². The molecule has 0 unspecified atom stereocenters. The van der Waals surface area contributed by atoms with Crippen molar-refractivity contribution in [3.05, 3.63) is 37.9 Å². The maximum atomic E-state index is 12.4. The Morgan fingerprint density at radius 2 is 2.05 bits per heavy atom. The van der Waals surface area contributed by atoms with E-state index in [4.69, 9.17) is 23.2 Å². The zero-order valence-electron chi connectivity index (χ0n) is 10.8. The minimum absolute atomic E-state index is 0.0317. The van der Waals surface area contributed by atoms with E-state index in [-0.39, 0.29) is 40.2 Å². The molecule has 112 valence electrons. The van der Waals surface area contributed by atoms with Crippen LogP contribution in [0.15, 0.2) is 12.1 Å². The number of hydrogen-bond acceptors (Lipinski definition) is 4. The van der Waals surface area contributed by atoms with Crippen LogP contribution in [0.2, 0.25) is 10.0 Å². The monoisotopic (exact) mass is 331 g/mol. The number of hydrogen-bond donors (Lipinski definition) is 1. The molecule has 1 aromatic rings. The molecule has 1 N–H and O–H groups in total. The third-order valence-corrected chi connectivity index (χ3v) is 3.86. The smallest absolute Gasteiger partial charge is 0.271 e. The van der Waals surface area contributed by atoms with E-state index in [0.29, 0.717) is 13.1 Å². The highest BCUT2D eigenvalue weighted by Gasteiger charge is 2.25. The van der Waals surface area contributed by atoms with Gasteiger partial charge in [0.1, 0.15) is 0 Å². The van der Waals surface area contributed by atoms with Crippen molar-refractivity contribution < 1.29 is 14.5 Å². The first kappa shape index (κ1) is 15.5. The fraction of sp³-hybridized carbons (Fsp3) is 0.333. The van der Waals surface area contributed by atoms with E-state index in [1.165, 1.54) is 4.90 Å². The van der Waals surface area contributed by atoms with Gasteiger partial charge in [-0.2, -0.15) is 0 Å². The summed E-state index contributed by atoms with van der Waals surface area (Å²) in [6, 6.07) is 2.19. The van der Waals surface area contributed by atoms with E-state index in [1.807, 2.05) is 0 Å². The number of halogens is 2. The molecule has 2 amide bonds. The summed E-state index contributed by atoms with van der Waals surface area (Å²) in [5.41, 5.74) is -0.345. The highest BCUT2D eigenvalue weighted by molar-refractivity contribution is 6.44. The predicted octanol–water partition coefficient (Wildman–Crippen LogP) is 1.86. The largest absolute Gasteiger partial charge is 0.354 e. The minimum Gasteiger partial charge on any atom is -0.354 e. The Morgan fingerprint density at radius 3 is 2.71 bits per heavy atom. The molecule has 0 bridgehead atoms. The van der Waals surface area contributed by atoms with Gasteiger partial charge in [0.2, 0.25) is 5.91 Å². The van der Waals surface area contributed by atoms with Crippen molar-refractivity contribution in [3.63, 3.8) is 0 Å². The number of benzene rings is 1. The number of nitrogens with one attached hydrogen (secondary N) is 1. The summed E-state index contributed by atoms with van der Waals surface area (Å²) in [5.74, 6) is -0.629. The third kappa shape index (κ3) is 3.43. The summed E-state index contributed by atoms with van der Waals surface area (Å²) in [6.45, 7) is 0.855. The standard InChI is InChI=1S/C12H11Cl2N3O4/c13-9-6-7(17(20)21)5-8(11(9)14)12(19)16-3-1-10(18)15-2-4-16/h5-6H,1-4H2,(H,15,18). The van der Waals surface area contributed by atoms with Crippen molar-refractivity contribution in [2.24, 2.45) is 0 Å². The lowest BCUT2D eigenvalue weighted by molar-refractivity contribution is -0.384. The van der Waals surface area contributed by atoms with Gasteiger partial charge in [-0.1, -0.05) is 23.2 Å². The topological polar surface area (TPSA) is 92.5 Å². The number of carbonyl (C=O) groups excluding carboxylic acids is 2.